The minimum atomic E-state index is -0.582. The van der Waals surface area contributed by atoms with Gasteiger partial charge < -0.3 is 14.8 Å². The molecule has 34 heavy (non-hydrogen) atoms. The monoisotopic (exact) mass is 484 g/mol. The zero-order chi connectivity index (χ0) is 24.2. The Labute approximate surface area is 205 Å². The van der Waals surface area contributed by atoms with Crippen LogP contribution in [0.1, 0.15) is 36.7 Å². The number of aliphatic hydroxyl groups excluding tert-OH is 1. The number of fused-ring (bicyclic) bond motifs is 1. The number of aryl methyl sites for hydroxylation is 1. The number of hydrogen-bond donors (Lipinski definition) is 2. The van der Waals surface area contributed by atoms with Crippen LogP contribution in [0.25, 0.3) is 10.9 Å². The fourth-order valence-corrected chi connectivity index (χ4v) is 4.51. The predicted octanol–water partition coefficient (Wildman–Crippen LogP) is 3.57. The molecule has 2 heterocycles. The smallest absolute Gasteiger partial charge is 0.258 e. The van der Waals surface area contributed by atoms with E-state index in [1.54, 1.807) is 6.07 Å². The number of benzene rings is 2. The lowest BCUT2D eigenvalue weighted by atomic mass is 10.0. The fraction of sp³-hybridized carbons (Fsp3) is 0.462. The molecule has 1 saturated heterocycles. The summed E-state index contributed by atoms with van der Waals surface area (Å²) in [6.45, 7) is 10.9. The minimum Gasteiger partial charge on any atom is -0.491 e. The molecule has 0 spiro atoms. The number of β-amino-alcohol motifs (C(OH)–C–C–N with tert-alkyl or cyclic N) is 1. The van der Waals surface area contributed by atoms with Crippen LogP contribution in [0.4, 0.5) is 0 Å². The van der Waals surface area contributed by atoms with Gasteiger partial charge in [0.2, 0.25) is 0 Å². The predicted molar refractivity (Wildman–Crippen MR) is 136 cm³/mol. The van der Waals surface area contributed by atoms with Crippen molar-refractivity contribution in [2.75, 3.05) is 39.3 Å². The standard InChI is InChI=1S/C26H33ClN4O3/c1-17(2)21-13-22(27)18(3)12-24(21)34-16-19(32)14-30-8-10-31(11-9-30)15-25-28-23-7-5-4-6-20(23)26(33)29-25/h4-7,12-13,17,19,32H,8-11,14-16H2,1-3H3,(H,28,29,33). The Kier molecular flexibility index (Phi) is 7.88. The SMILES string of the molecule is Cc1cc(OCC(O)CN2CCN(Cc3nc4ccccc4c(=O)[nH]3)CC2)c(C(C)C)cc1Cl. The Morgan fingerprint density at radius 1 is 1.15 bits per heavy atom. The molecular formula is C26H33ClN4O3. The molecule has 0 radical (unpaired) electrons. The molecule has 1 unspecified atom stereocenters. The van der Waals surface area contributed by atoms with Crippen molar-refractivity contribution in [3.05, 3.63) is 68.7 Å². The van der Waals surface area contributed by atoms with Crippen LogP contribution in [0.2, 0.25) is 5.02 Å². The average molecular weight is 485 g/mol. The molecule has 2 aromatic carbocycles. The van der Waals surface area contributed by atoms with Gasteiger partial charge in [-0.2, -0.15) is 0 Å². The van der Waals surface area contributed by atoms with Crippen LogP contribution >= 0.6 is 11.6 Å². The van der Waals surface area contributed by atoms with E-state index in [0.29, 0.717) is 24.3 Å². The van der Waals surface area contributed by atoms with E-state index in [1.807, 2.05) is 37.3 Å². The van der Waals surface area contributed by atoms with Gasteiger partial charge in [0, 0.05) is 37.7 Å². The quantitative estimate of drug-likeness (QED) is 0.508. The molecule has 1 aliphatic rings. The van der Waals surface area contributed by atoms with Crippen LogP contribution in [-0.4, -0.2) is 70.3 Å². The highest BCUT2D eigenvalue weighted by molar-refractivity contribution is 6.31. The van der Waals surface area contributed by atoms with Crippen molar-refractivity contribution in [2.45, 2.75) is 39.3 Å². The summed E-state index contributed by atoms with van der Waals surface area (Å²) in [6.07, 6.45) is -0.582. The summed E-state index contributed by atoms with van der Waals surface area (Å²) in [7, 11) is 0. The largest absolute Gasteiger partial charge is 0.491 e. The topological polar surface area (TPSA) is 81.7 Å². The second kappa shape index (κ2) is 10.9. The van der Waals surface area contributed by atoms with E-state index >= 15 is 0 Å². The lowest BCUT2D eigenvalue weighted by molar-refractivity contribution is 0.0439. The van der Waals surface area contributed by atoms with Gasteiger partial charge >= 0.3 is 0 Å². The van der Waals surface area contributed by atoms with Gasteiger partial charge in [0.15, 0.2) is 0 Å². The first-order valence-electron chi connectivity index (χ1n) is 11.8. The Bertz CT molecular complexity index is 1190. The molecule has 0 saturated carbocycles. The molecule has 7 nitrogen and oxygen atoms in total. The maximum Gasteiger partial charge on any atom is 0.258 e. The Morgan fingerprint density at radius 3 is 2.59 bits per heavy atom. The first-order valence-corrected chi connectivity index (χ1v) is 12.2. The second-order valence-electron chi connectivity index (χ2n) is 9.37. The summed E-state index contributed by atoms with van der Waals surface area (Å²) < 4.78 is 6.00. The molecule has 8 heteroatoms. The molecule has 1 aromatic heterocycles. The van der Waals surface area contributed by atoms with Gasteiger partial charge in [-0.15, -0.1) is 0 Å². The number of H-pyrrole nitrogens is 1. The number of aliphatic hydroxyl groups is 1. The normalized spacial score (nSPS) is 16.3. The van der Waals surface area contributed by atoms with Crippen molar-refractivity contribution in [1.29, 1.82) is 0 Å². The first-order chi connectivity index (χ1) is 16.3. The number of halogens is 1. The van der Waals surface area contributed by atoms with E-state index in [1.165, 1.54) is 0 Å². The molecule has 3 aromatic rings. The van der Waals surface area contributed by atoms with E-state index in [4.69, 9.17) is 16.3 Å². The molecule has 0 amide bonds. The van der Waals surface area contributed by atoms with Crippen molar-refractivity contribution >= 4 is 22.5 Å². The van der Waals surface area contributed by atoms with Crippen molar-refractivity contribution in [3.8, 4) is 5.75 Å². The third kappa shape index (κ3) is 5.96. The highest BCUT2D eigenvalue weighted by Crippen LogP contribution is 2.32. The number of piperazine rings is 1. The zero-order valence-electron chi connectivity index (χ0n) is 20.1. The molecule has 0 aliphatic carbocycles. The summed E-state index contributed by atoms with van der Waals surface area (Å²) in [5.41, 5.74) is 2.64. The summed E-state index contributed by atoms with van der Waals surface area (Å²) >= 11 is 6.28. The highest BCUT2D eigenvalue weighted by Gasteiger charge is 2.21. The summed E-state index contributed by atoms with van der Waals surface area (Å²) in [6, 6.07) is 11.3. The van der Waals surface area contributed by atoms with Gasteiger partial charge in [0.1, 0.15) is 24.3 Å². The number of ether oxygens (including phenoxy) is 1. The van der Waals surface area contributed by atoms with E-state index in [-0.39, 0.29) is 18.1 Å². The van der Waals surface area contributed by atoms with E-state index in [0.717, 1.165) is 53.6 Å². The molecule has 1 fully saturated rings. The van der Waals surface area contributed by atoms with Crippen molar-refractivity contribution in [1.82, 2.24) is 19.8 Å². The molecular weight excluding hydrogens is 452 g/mol. The molecule has 182 valence electrons. The minimum absolute atomic E-state index is 0.0983. The second-order valence-corrected chi connectivity index (χ2v) is 9.77. The van der Waals surface area contributed by atoms with E-state index < -0.39 is 6.10 Å². The van der Waals surface area contributed by atoms with Crippen LogP contribution in [0, 0.1) is 6.92 Å². The summed E-state index contributed by atoms with van der Waals surface area (Å²) in [4.78, 5) is 24.3. The molecule has 1 aliphatic heterocycles. The highest BCUT2D eigenvalue weighted by atomic mass is 35.5. The number of para-hydroxylation sites is 1. The third-order valence-electron chi connectivity index (χ3n) is 6.31. The van der Waals surface area contributed by atoms with Crippen LogP contribution < -0.4 is 10.3 Å². The van der Waals surface area contributed by atoms with Gasteiger partial charge in [0.25, 0.3) is 5.56 Å². The number of rotatable bonds is 8. The maximum atomic E-state index is 12.3. The lowest BCUT2D eigenvalue weighted by Gasteiger charge is -2.35. The number of hydrogen-bond acceptors (Lipinski definition) is 6. The zero-order valence-corrected chi connectivity index (χ0v) is 20.8. The number of aromatic nitrogens is 2. The molecule has 4 rings (SSSR count). The van der Waals surface area contributed by atoms with E-state index in [9.17, 15) is 9.90 Å². The van der Waals surface area contributed by atoms with Crippen molar-refractivity contribution in [2.24, 2.45) is 0 Å². The number of aromatic amines is 1. The van der Waals surface area contributed by atoms with Crippen LogP contribution in [0.15, 0.2) is 41.2 Å². The molecule has 1 atom stereocenters. The Hall–Kier alpha value is -2.45. The molecule has 0 bridgehead atoms. The van der Waals surface area contributed by atoms with E-state index in [2.05, 4.69) is 33.6 Å². The Morgan fingerprint density at radius 2 is 1.85 bits per heavy atom. The summed E-state index contributed by atoms with van der Waals surface area (Å²) in [5.74, 6) is 1.76. The Balaban J connectivity index is 1.27. The van der Waals surface area contributed by atoms with Gasteiger partial charge in [0.05, 0.1) is 17.4 Å². The van der Waals surface area contributed by atoms with Gasteiger partial charge in [-0.05, 0) is 48.2 Å². The third-order valence-corrected chi connectivity index (χ3v) is 6.72. The first kappa shape index (κ1) is 24.7. The maximum absolute atomic E-state index is 12.3. The average Bonchev–Trinajstić information content (AvgIpc) is 2.81. The van der Waals surface area contributed by atoms with Crippen molar-refractivity contribution in [3.63, 3.8) is 0 Å². The van der Waals surface area contributed by atoms with Crippen LogP contribution in [0.3, 0.4) is 0 Å². The number of nitrogens with one attached hydrogen (secondary N) is 1. The lowest BCUT2D eigenvalue weighted by Crippen LogP contribution is -2.49. The molecule has 2 N–H and O–H groups in total. The fourth-order valence-electron chi connectivity index (χ4n) is 4.33. The van der Waals surface area contributed by atoms with Gasteiger partial charge in [-0.3, -0.25) is 14.6 Å². The summed E-state index contributed by atoms with van der Waals surface area (Å²) in [5, 5.41) is 11.9. The van der Waals surface area contributed by atoms with Gasteiger partial charge in [-0.1, -0.05) is 37.6 Å². The number of nitrogens with zero attached hydrogens (tertiary/aromatic N) is 3. The van der Waals surface area contributed by atoms with Gasteiger partial charge in [-0.25, -0.2) is 4.98 Å². The van der Waals surface area contributed by atoms with Crippen LogP contribution in [0.5, 0.6) is 5.75 Å². The van der Waals surface area contributed by atoms with Crippen molar-refractivity contribution < 1.29 is 9.84 Å². The van der Waals surface area contributed by atoms with Crippen LogP contribution in [-0.2, 0) is 6.54 Å².